The van der Waals surface area contributed by atoms with E-state index < -0.39 is 57.8 Å². The molecule has 0 aromatic heterocycles. The van der Waals surface area contributed by atoms with Crippen LogP contribution in [0.2, 0.25) is 0 Å². The predicted molar refractivity (Wildman–Crippen MR) is 307 cm³/mol. The molecule has 0 saturated heterocycles. The number of hydrogen-bond donors (Lipinski definition) is 2. The molecule has 0 spiro atoms. The Hall–Kier alpha value is -3.34. The lowest BCUT2D eigenvalue weighted by Gasteiger charge is -2.21. The lowest BCUT2D eigenvalue weighted by atomic mass is 10.1. The number of ether oxygens (including phenoxy) is 3. The van der Waals surface area contributed by atoms with Crippen LogP contribution in [0, 0.1) is 0 Å². The molecule has 2 N–H and O–H groups in total. The normalized spacial score (nSPS) is 14.0. The molecule has 0 fully saturated rings. The molecule has 0 aromatic rings. The smallest absolute Gasteiger partial charge is 0.462 e. The minimum atomic E-state index is -4.76. The molecule has 0 aliphatic carbocycles. The number of esters is 3. The van der Waals surface area contributed by atoms with Crippen molar-refractivity contribution in [1.29, 1.82) is 0 Å². The highest BCUT2D eigenvalue weighted by Gasteiger charge is 2.28. The summed E-state index contributed by atoms with van der Waals surface area (Å²) in [4.78, 5) is 48.6. The Kier molecular flexibility index (Phi) is 53.4. The summed E-state index contributed by atoms with van der Waals surface area (Å²) >= 11 is 0. The fourth-order valence-electron chi connectivity index (χ4n) is 7.78. The van der Waals surface area contributed by atoms with Gasteiger partial charge in [-0.25, -0.2) is 4.57 Å². The molecule has 0 saturated carbocycles. The zero-order chi connectivity index (χ0) is 54.1. The van der Waals surface area contributed by atoms with Gasteiger partial charge in [0, 0.05) is 19.3 Å². The highest BCUT2D eigenvalue weighted by atomic mass is 31.2. The van der Waals surface area contributed by atoms with Crippen molar-refractivity contribution in [3.8, 4) is 0 Å². The van der Waals surface area contributed by atoms with E-state index in [1.54, 1.807) is 0 Å². The molecular formula is C62H107O11P. The Balaban J connectivity index is 4.78. The number of hydrogen-bond acceptors (Lipinski definition) is 10. The van der Waals surface area contributed by atoms with Crippen molar-refractivity contribution >= 4 is 25.7 Å². The number of unbranched alkanes of at least 4 members (excludes halogenated alkanes) is 23. The maximum Gasteiger partial charge on any atom is 0.472 e. The summed E-state index contributed by atoms with van der Waals surface area (Å²) < 4.78 is 39.5. The van der Waals surface area contributed by atoms with Gasteiger partial charge in [-0.3, -0.25) is 23.4 Å². The van der Waals surface area contributed by atoms with E-state index in [0.717, 1.165) is 116 Å². The van der Waals surface area contributed by atoms with Crippen LogP contribution in [0.15, 0.2) is 85.1 Å². The van der Waals surface area contributed by atoms with Crippen molar-refractivity contribution in [3.05, 3.63) is 85.1 Å². The number of aliphatic hydroxyl groups excluding tert-OH is 1. The number of carbonyl (C=O) groups is 3. The van der Waals surface area contributed by atoms with E-state index in [4.69, 9.17) is 23.3 Å². The van der Waals surface area contributed by atoms with Crippen molar-refractivity contribution < 1.29 is 52.2 Å². The molecule has 74 heavy (non-hydrogen) atoms. The molecule has 12 heteroatoms. The standard InChI is InChI=1S/C62H107O11P/c1-4-7-10-13-16-19-22-25-27-29-31-34-36-39-42-45-48-51-60(64)69-55-59(73-62(66)53-50-47-44-41-38-35-32-30-28-26-23-20-17-14-11-8-5-2)57-71-74(67,68)70-56-58(54-63)72-61(65)52-49-46-43-40-37-33-24-21-18-15-12-9-6-3/h9,12,16-21,25-28,33,37,58-59,63H,4-8,10-11,13-15,22-24,29-32,34-36,38-57H2,1-3H3,(H,67,68)/b12-9-,19-16-,20-17-,21-18-,27-25-,28-26-,37-33-. The largest absolute Gasteiger partial charge is 0.472 e. The number of phosphoric acid groups is 1. The third-order valence-corrected chi connectivity index (χ3v) is 13.2. The second kappa shape index (κ2) is 55.9. The van der Waals surface area contributed by atoms with Crippen LogP contribution >= 0.6 is 7.82 Å². The van der Waals surface area contributed by atoms with Gasteiger partial charge >= 0.3 is 25.7 Å². The van der Waals surface area contributed by atoms with E-state index in [2.05, 4.69) is 106 Å². The summed E-state index contributed by atoms with van der Waals surface area (Å²) in [6.45, 7) is 4.44. The van der Waals surface area contributed by atoms with Gasteiger partial charge in [0.1, 0.15) is 12.7 Å². The topological polar surface area (TPSA) is 155 Å². The molecule has 0 radical (unpaired) electrons. The minimum absolute atomic E-state index is 0.138. The maximum absolute atomic E-state index is 12.9. The summed E-state index contributed by atoms with van der Waals surface area (Å²) in [5.74, 6) is -1.51. The Morgan fingerprint density at radius 1 is 0.392 bits per heavy atom. The van der Waals surface area contributed by atoms with Crippen LogP contribution in [-0.4, -0.2) is 66.5 Å². The Labute approximate surface area is 451 Å². The van der Waals surface area contributed by atoms with Gasteiger partial charge in [0.05, 0.1) is 19.8 Å². The van der Waals surface area contributed by atoms with Gasteiger partial charge in [-0.1, -0.05) is 202 Å². The lowest BCUT2D eigenvalue weighted by Crippen LogP contribution is -2.30. The molecule has 3 atom stereocenters. The molecule has 3 unspecified atom stereocenters. The van der Waals surface area contributed by atoms with Crippen LogP contribution < -0.4 is 0 Å². The van der Waals surface area contributed by atoms with Gasteiger partial charge in [-0.15, -0.1) is 0 Å². The lowest BCUT2D eigenvalue weighted by molar-refractivity contribution is -0.161. The average molecular weight is 1060 g/mol. The zero-order valence-electron chi connectivity index (χ0n) is 47.0. The highest BCUT2D eigenvalue weighted by Crippen LogP contribution is 2.43. The van der Waals surface area contributed by atoms with Crippen molar-refractivity contribution in [3.63, 3.8) is 0 Å². The second-order valence-electron chi connectivity index (χ2n) is 19.4. The van der Waals surface area contributed by atoms with Crippen LogP contribution in [0.4, 0.5) is 0 Å². The van der Waals surface area contributed by atoms with E-state index in [9.17, 15) is 28.9 Å². The van der Waals surface area contributed by atoms with E-state index in [0.29, 0.717) is 19.3 Å². The molecule has 0 amide bonds. The molecule has 0 rings (SSSR count). The number of aliphatic hydroxyl groups is 1. The van der Waals surface area contributed by atoms with Crippen LogP contribution in [0.25, 0.3) is 0 Å². The first-order chi connectivity index (χ1) is 36.2. The molecule has 0 heterocycles. The van der Waals surface area contributed by atoms with Crippen LogP contribution in [0.3, 0.4) is 0 Å². The number of phosphoric ester groups is 1. The van der Waals surface area contributed by atoms with Crippen LogP contribution in [-0.2, 0) is 42.2 Å². The number of rotatable bonds is 54. The molecule has 0 aromatic carbocycles. The Morgan fingerprint density at radius 3 is 1.09 bits per heavy atom. The van der Waals surface area contributed by atoms with Crippen molar-refractivity contribution in [1.82, 2.24) is 0 Å². The molecule has 0 aliphatic rings. The van der Waals surface area contributed by atoms with Crippen molar-refractivity contribution in [2.24, 2.45) is 0 Å². The quantitative estimate of drug-likeness (QED) is 0.0197. The first-order valence-electron chi connectivity index (χ1n) is 29.5. The molecule has 11 nitrogen and oxygen atoms in total. The Bertz CT molecular complexity index is 1560. The van der Waals surface area contributed by atoms with E-state index in [-0.39, 0.29) is 25.9 Å². The third-order valence-electron chi connectivity index (χ3n) is 12.3. The second-order valence-corrected chi connectivity index (χ2v) is 20.9. The van der Waals surface area contributed by atoms with Gasteiger partial charge in [-0.2, -0.15) is 0 Å². The van der Waals surface area contributed by atoms with Crippen molar-refractivity contribution in [2.45, 2.75) is 264 Å². The summed E-state index contributed by atoms with van der Waals surface area (Å²) in [6.07, 6.45) is 63.9. The predicted octanol–water partition coefficient (Wildman–Crippen LogP) is 17.5. The number of carbonyl (C=O) groups excluding carboxylic acids is 3. The van der Waals surface area contributed by atoms with E-state index >= 15 is 0 Å². The van der Waals surface area contributed by atoms with E-state index in [1.807, 2.05) is 0 Å². The van der Waals surface area contributed by atoms with Crippen LogP contribution in [0.5, 0.6) is 0 Å². The average Bonchev–Trinajstić information content (AvgIpc) is 3.39. The summed E-state index contributed by atoms with van der Waals surface area (Å²) in [5.41, 5.74) is 0. The Morgan fingerprint density at radius 2 is 0.703 bits per heavy atom. The summed E-state index contributed by atoms with van der Waals surface area (Å²) in [5, 5.41) is 9.80. The molecule has 0 bridgehead atoms. The SMILES string of the molecule is CC/C=C\C/C=C\C/C=C\CCCCCC(=O)OC(CO)COP(=O)(O)OCC(COC(=O)CCCCCCCCC/C=C\C/C=C\CCCCC)OC(=O)CCCCCCCCC/C=C\C/C=C\CCCCC. The first-order valence-corrected chi connectivity index (χ1v) is 31.0. The van der Waals surface area contributed by atoms with E-state index in [1.165, 1.54) is 77.0 Å². The fraction of sp³-hybridized carbons (Fsp3) is 0.726. The van der Waals surface area contributed by atoms with Crippen molar-refractivity contribution in [2.75, 3.05) is 26.4 Å². The third kappa shape index (κ3) is 53.5. The van der Waals surface area contributed by atoms with Crippen LogP contribution in [0.1, 0.15) is 252 Å². The van der Waals surface area contributed by atoms with Gasteiger partial charge < -0.3 is 24.2 Å². The molecule has 0 aliphatic heterocycles. The monoisotopic (exact) mass is 1060 g/mol. The van der Waals surface area contributed by atoms with Gasteiger partial charge in [0.2, 0.25) is 0 Å². The van der Waals surface area contributed by atoms with Gasteiger partial charge in [0.25, 0.3) is 0 Å². The number of allylic oxidation sites excluding steroid dienone is 14. The summed E-state index contributed by atoms with van der Waals surface area (Å²) in [6, 6.07) is 0. The van der Waals surface area contributed by atoms with Gasteiger partial charge in [-0.05, 0) is 116 Å². The highest BCUT2D eigenvalue weighted by molar-refractivity contribution is 7.47. The maximum atomic E-state index is 12.9. The fourth-order valence-corrected chi connectivity index (χ4v) is 8.57. The molecular weight excluding hydrogens is 952 g/mol. The van der Waals surface area contributed by atoms with Gasteiger partial charge in [0.15, 0.2) is 6.10 Å². The molecule has 426 valence electrons. The first kappa shape index (κ1) is 70.7. The minimum Gasteiger partial charge on any atom is -0.462 e. The zero-order valence-corrected chi connectivity index (χ0v) is 47.9. The summed E-state index contributed by atoms with van der Waals surface area (Å²) in [7, 11) is -4.76.